The van der Waals surface area contributed by atoms with E-state index in [9.17, 15) is 4.39 Å². The highest BCUT2D eigenvalue weighted by Crippen LogP contribution is 2.61. The lowest BCUT2D eigenvalue weighted by Gasteiger charge is -2.09. The molecule has 2 atom stereocenters. The predicted octanol–water partition coefficient (Wildman–Crippen LogP) is 2.02. The third kappa shape index (κ3) is 0.871. The molecule has 1 saturated carbocycles. The molecule has 0 saturated heterocycles. The van der Waals surface area contributed by atoms with Crippen LogP contribution in [0.25, 0.3) is 0 Å². The largest absolute Gasteiger partial charge is 0.396 e. The highest BCUT2D eigenvalue weighted by molar-refractivity contribution is 5.45. The van der Waals surface area contributed by atoms with E-state index >= 15 is 0 Å². The Hall–Kier alpha value is -0.890. The van der Waals surface area contributed by atoms with Crippen LogP contribution in [0, 0.1) is 11.7 Å². The molecule has 0 aliphatic heterocycles. The molecule has 2 aliphatic rings. The molecule has 14 heavy (non-hydrogen) atoms. The van der Waals surface area contributed by atoms with Gasteiger partial charge in [0.25, 0.3) is 0 Å². The highest BCUT2D eigenvalue weighted by atomic mass is 19.1. The summed E-state index contributed by atoms with van der Waals surface area (Å²) in [4.78, 5) is 0. The molecule has 1 spiro atoms. The zero-order valence-electron chi connectivity index (χ0n) is 7.96. The third-order valence-corrected chi connectivity index (χ3v) is 3.93. The Morgan fingerprint density at radius 3 is 3.07 bits per heavy atom. The standard InChI is InChI=1S/C12H13FO/c13-11-3-1-2-10-9(11)4-5-12(10)6-8(12)7-14/h1-3,8,14H,4-7H2. The lowest BCUT2D eigenvalue weighted by molar-refractivity contribution is 0.263. The fourth-order valence-electron chi connectivity index (χ4n) is 3.02. The second-order valence-electron chi connectivity index (χ2n) is 4.51. The average Bonchev–Trinajstić information content (AvgIpc) is 2.77. The Labute approximate surface area is 82.6 Å². The lowest BCUT2D eigenvalue weighted by atomic mass is 9.95. The molecule has 2 heteroatoms. The number of hydrogen-bond acceptors (Lipinski definition) is 1. The molecule has 1 fully saturated rings. The third-order valence-electron chi connectivity index (χ3n) is 3.93. The molecule has 2 unspecified atom stereocenters. The molecule has 0 amide bonds. The van der Waals surface area contributed by atoms with Crippen LogP contribution in [0.2, 0.25) is 0 Å². The summed E-state index contributed by atoms with van der Waals surface area (Å²) in [5.41, 5.74) is 2.20. The van der Waals surface area contributed by atoms with Gasteiger partial charge in [0.05, 0.1) is 0 Å². The van der Waals surface area contributed by atoms with Crippen molar-refractivity contribution in [2.75, 3.05) is 6.61 Å². The van der Waals surface area contributed by atoms with Crippen molar-refractivity contribution < 1.29 is 9.50 Å². The van der Waals surface area contributed by atoms with Crippen LogP contribution in [0.4, 0.5) is 4.39 Å². The van der Waals surface area contributed by atoms with Gasteiger partial charge in [-0.3, -0.25) is 0 Å². The Morgan fingerprint density at radius 1 is 1.50 bits per heavy atom. The SMILES string of the molecule is OCC1CC12CCc1c(F)cccc12. The number of rotatable bonds is 1. The molecule has 1 aromatic carbocycles. The molecule has 0 radical (unpaired) electrons. The molecule has 3 rings (SSSR count). The summed E-state index contributed by atoms with van der Waals surface area (Å²) in [5.74, 6) is 0.313. The molecule has 0 heterocycles. The maximum atomic E-state index is 13.4. The summed E-state index contributed by atoms with van der Waals surface area (Å²) in [5, 5.41) is 9.13. The monoisotopic (exact) mass is 192 g/mol. The van der Waals surface area contributed by atoms with Crippen LogP contribution in [0.1, 0.15) is 24.0 Å². The molecule has 1 aromatic rings. The second kappa shape index (κ2) is 2.57. The first kappa shape index (κ1) is 8.42. The van der Waals surface area contributed by atoms with Crippen LogP contribution in [0.15, 0.2) is 18.2 Å². The Bertz CT molecular complexity index is 388. The quantitative estimate of drug-likeness (QED) is 0.721. The number of hydrogen-bond donors (Lipinski definition) is 1. The number of aliphatic hydroxyl groups is 1. The van der Waals surface area contributed by atoms with Crippen molar-refractivity contribution in [3.8, 4) is 0 Å². The van der Waals surface area contributed by atoms with Gasteiger partial charge in [0.1, 0.15) is 5.82 Å². The van der Waals surface area contributed by atoms with Crippen molar-refractivity contribution in [2.45, 2.75) is 24.7 Å². The summed E-state index contributed by atoms with van der Waals surface area (Å²) in [6.45, 7) is 0.246. The molecule has 74 valence electrons. The van der Waals surface area contributed by atoms with Crippen LogP contribution in [0.3, 0.4) is 0 Å². The highest BCUT2D eigenvalue weighted by Gasteiger charge is 2.57. The van der Waals surface area contributed by atoms with Crippen molar-refractivity contribution >= 4 is 0 Å². The summed E-state index contributed by atoms with van der Waals surface area (Å²) in [6.07, 6.45) is 2.91. The van der Waals surface area contributed by atoms with E-state index in [1.165, 1.54) is 6.07 Å². The van der Waals surface area contributed by atoms with Crippen molar-refractivity contribution in [2.24, 2.45) is 5.92 Å². The topological polar surface area (TPSA) is 20.2 Å². The fraction of sp³-hybridized carbons (Fsp3) is 0.500. The second-order valence-corrected chi connectivity index (χ2v) is 4.51. The van der Waals surface area contributed by atoms with Gasteiger partial charge in [-0.15, -0.1) is 0 Å². The van der Waals surface area contributed by atoms with Crippen molar-refractivity contribution in [3.05, 3.63) is 35.1 Å². The molecular formula is C12H13FO. The zero-order valence-corrected chi connectivity index (χ0v) is 7.96. The Balaban J connectivity index is 2.08. The van der Waals surface area contributed by atoms with Crippen LogP contribution >= 0.6 is 0 Å². The van der Waals surface area contributed by atoms with Crippen LogP contribution in [-0.4, -0.2) is 11.7 Å². The van der Waals surface area contributed by atoms with Gasteiger partial charge in [-0.1, -0.05) is 12.1 Å². The molecule has 0 aromatic heterocycles. The number of aliphatic hydroxyl groups excluding tert-OH is 1. The number of fused-ring (bicyclic) bond motifs is 2. The van der Waals surface area contributed by atoms with E-state index < -0.39 is 0 Å². The fourth-order valence-corrected chi connectivity index (χ4v) is 3.02. The first-order valence-corrected chi connectivity index (χ1v) is 5.17. The van der Waals surface area contributed by atoms with Crippen molar-refractivity contribution in [1.82, 2.24) is 0 Å². The number of benzene rings is 1. The van der Waals surface area contributed by atoms with Gasteiger partial charge in [-0.2, -0.15) is 0 Å². The van der Waals surface area contributed by atoms with Gasteiger partial charge >= 0.3 is 0 Å². The first-order chi connectivity index (χ1) is 6.78. The van der Waals surface area contributed by atoms with E-state index in [1.807, 2.05) is 6.07 Å². The minimum atomic E-state index is -0.0667. The number of halogens is 1. The minimum absolute atomic E-state index is 0.0667. The van der Waals surface area contributed by atoms with Crippen LogP contribution in [-0.2, 0) is 11.8 Å². The average molecular weight is 192 g/mol. The minimum Gasteiger partial charge on any atom is -0.396 e. The molecule has 1 N–H and O–H groups in total. The van der Waals surface area contributed by atoms with E-state index in [2.05, 4.69) is 0 Å². The van der Waals surface area contributed by atoms with E-state index in [-0.39, 0.29) is 17.8 Å². The summed E-state index contributed by atoms with van der Waals surface area (Å²) < 4.78 is 13.4. The molecule has 0 bridgehead atoms. The van der Waals surface area contributed by atoms with Gasteiger partial charge < -0.3 is 5.11 Å². The maximum Gasteiger partial charge on any atom is 0.126 e. The van der Waals surface area contributed by atoms with E-state index in [0.717, 1.165) is 30.4 Å². The van der Waals surface area contributed by atoms with Crippen LogP contribution < -0.4 is 0 Å². The maximum absolute atomic E-state index is 13.4. The first-order valence-electron chi connectivity index (χ1n) is 5.17. The van der Waals surface area contributed by atoms with Gasteiger partial charge in [-0.05, 0) is 42.4 Å². The van der Waals surface area contributed by atoms with Gasteiger partial charge in [0, 0.05) is 12.0 Å². The molecule has 1 nitrogen and oxygen atoms in total. The Morgan fingerprint density at radius 2 is 2.36 bits per heavy atom. The van der Waals surface area contributed by atoms with Crippen LogP contribution in [0.5, 0.6) is 0 Å². The van der Waals surface area contributed by atoms with Gasteiger partial charge in [-0.25, -0.2) is 4.39 Å². The smallest absolute Gasteiger partial charge is 0.126 e. The van der Waals surface area contributed by atoms with E-state index in [1.54, 1.807) is 6.07 Å². The van der Waals surface area contributed by atoms with Crippen molar-refractivity contribution in [1.29, 1.82) is 0 Å². The van der Waals surface area contributed by atoms with E-state index in [4.69, 9.17) is 5.11 Å². The zero-order chi connectivity index (χ0) is 9.76. The summed E-state index contributed by atoms with van der Waals surface area (Å²) >= 11 is 0. The predicted molar refractivity (Wildman–Crippen MR) is 51.6 cm³/mol. The summed E-state index contributed by atoms with van der Waals surface area (Å²) in [6, 6.07) is 5.35. The van der Waals surface area contributed by atoms with E-state index in [0.29, 0.717) is 5.92 Å². The van der Waals surface area contributed by atoms with Gasteiger partial charge in [0.2, 0.25) is 0 Å². The molecular weight excluding hydrogens is 179 g/mol. The lowest BCUT2D eigenvalue weighted by Crippen LogP contribution is -2.07. The Kier molecular flexibility index (Phi) is 1.55. The van der Waals surface area contributed by atoms with Crippen molar-refractivity contribution in [3.63, 3.8) is 0 Å². The molecule has 2 aliphatic carbocycles. The normalized spacial score (nSPS) is 33.4. The summed E-state index contributed by atoms with van der Waals surface area (Å²) in [7, 11) is 0. The van der Waals surface area contributed by atoms with Gasteiger partial charge in [0.15, 0.2) is 0 Å².